The maximum atomic E-state index is 13.0. The molecule has 0 saturated carbocycles. The lowest BCUT2D eigenvalue weighted by Gasteiger charge is -2.24. The van der Waals surface area contributed by atoms with E-state index in [1.165, 1.54) is 12.1 Å². The number of pyridine rings is 1. The second-order valence-corrected chi connectivity index (χ2v) is 4.68. The summed E-state index contributed by atoms with van der Waals surface area (Å²) in [4.78, 5) is 6.28. The van der Waals surface area contributed by atoms with Crippen LogP contribution in [0.5, 0.6) is 0 Å². The second-order valence-electron chi connectivity index (χ2n) is 4.68. The summed E-state index contributed by atoms with van der Waals surface area (Å²) in [6.45, 7) is 0.490. The topological polar surface area (TPSA) is 45.6 Å². The van der Waals surface area contributed by atoms with Gasteiger partial charge in [0.25, 0.3) is 0 Å². The van der Waals surface area contributed by atoms with Crippen molar-refractivity contribution in [2.45, 2.75) is 12.3 Å². The van der Waals surface area contributed by atoms with E-state index in [0.717, 1.165) is 11.4 Å². The maximum absolute atomic E-state index is 13.0. The third kappa shape index (κ3) is 2.50. The van der Waals surface area contributed by atoms with Crippen LogP contribution in [-0.4, -0.2) is 29.3 Å². The van der Waals surface area contributed by atoms with Crippen molar-refractivity contribution < 1.29 is 14.2 Å². The van der Waals surface area contributed by atoms with Gasteiger partial charge in [-0.05, 0) is 36.4 Å². The number of benzene rings is 1. The van der Waals surface area contributed by atoms with Crippen LogP contribution in [0.3, 0.4) is 0 Å². The highest BCUT2D eigenvalue weighted by Gasteiger charge is 2.34. The van der Waals surface area contributed by atoms with E-state index in [4.69, 9.17) is 4.74 Å². The van der Waals surface area contributed by atoms with Gasteiger partial charge in [0.1, 0.15) is 11.9 Å². The van der Waals surface area contributed by atoms with Gasteiger partial charge >= 0.3 is 0 Å². The van der Waals surface area contributed by atoms with E-state index in [2.05, 4.69) is 4.98 Å². The summed E-state index contributed by atoms with van der Waals surface area (Å²) < 4.78 is 18.8. The number of aliphatic hydroxyl groups is 1. The minimum Gasteiger partial charge on any atom is -0.394 e. The van der Waals surface area contributed by atoms with Crippen molar-refractivity contribution in [1.82, 2.24) is 4.98 Å². The van der Waals surface area contributed by atoms with Crippen LogP contribution in [0.25, 0.3) is 0 Å². The number of aliphatic hydroxyl groups excluding tert-OH is 1. The Morgan fingerprint density at radius 1 is 1.25 bits per heavy atom. The van der Waals surface area contributed by atoms with Crippen LogP contribution in [0.15, 0.2) is 48.7 Å². The Morgan fingerprint density at radius 2 is 2.05 bits per heavy atom. The molecular formula is C15H15FN2O2. The Morgan fingerprint density at radius 3 is 2.70 bits per heavy atom. The molecule has 1 saturated heterocycles. The number of rotatable bonds is 3. The zero-order valence-electron chi connectivity index (χ0n) is 10.8. The second kappa shape index (κ2) is 5.56. The van der Waals surface area contributed by atoms with Crippen LogP contribution in [0, 0.1) is 5.82 Å². The Bertz CT molecular complexity index is 562. The molecule has 2 aromatic rings. The van der Waals surface area contributed by atoms with Gasteiger partial charge in [-0.2, -0.15) is 0 Å². The monoisotopic (exact) mass is 274 g/mol. The van der Waals surface area contributed by atoms with Crippen molar-refractivity contribution in [2.24, 2.45) is 0 Å². The molecule has 0 spiro atoms. The molecule has 1 aromatic carbocycles. The van der Waals surface area contributed by atoms with Gasteiger partial charge in [0.2, 0.25) is 0 Å². The van der Waals surface area contributed by atoms with E-state index < -0.39 is 0 Å². The zero-order chi connectivity index (χ0) is 13.9. The summed E-state index contributed by atoms with van der Waals surface area (Å²) in [5.74, 6) is -0.276. The number of anilines is 1. The summed E-state index contributed by atoms with van der Waals surface area (Å²) in [7, 11) is 0. The van der Waals surface area contributed by atoms with Crippen LogP contribution in [0.4, 0.5) is 10.1 Å². The molecule has 4 nitrogen and oxygen atoms in total. The third-order valence-electron chi connectivity index (χ3n) is 3.31. The molecule has 1 aliphatic heterocycles. The molecule has 2 heterocycles. The first-order valence-corrected chi connectivity index (χ1v) is 6.47. The lowest BCUT2D eigenvalue weighted by atomic mass is 10.2. The molecule has 5 heteroatoms. The molecule has 2 unspecified atom stereocenters. The zero-order valence-corrected chi connectivity index (χ0v) is 10.8. The van der Waals surface area contributed by atoms with E-state index in [1.54, 1.807) is 18.3 Å². The molecule has 0 aliphatic carbocycles. The van der Waals surface area contributed by atoms with Gasteiger partial charge in [0.15, 0.2) is 6.23 Å². The van der Waals surface area contributed by atoms with E-state index in [1.807, 2.05) is 23.1 Å². The lowest BCUT2D eigenvalue weighted by molar-refractivity contribution is 0.0129. The molecule has 1 aliphatic rings. The highest BCUT2D eigenvalue weighted by Crippen LogP contribution is 2.33. The minimum atomic E-state index is -0.362. The van der Waals surface area contributed by atoms with Gasteiger partial charge in [0, 0.05) is 18.4 Å². The predicted molar refractivity (Wildman–Crippen MR) is 72.7 cm³/mol. The molecule has 0 radical (unpaired) electrons. The molecule has 104 valence electrons. The van der Waals surface area contributed by atoms with Crippen molar-refractivity contribution in [3.8, 4) is 0 Å². The van der Waals surface area contributed by atoms with Crippen LogP contribution < -0.4 is 4.90 Å². The quantitative estimate of drug-likeness (QED) is 0.931. The Hall–Kier alpha value is -1.98. The van der Waals surface area contributed by atoms with Gasteiger partial charge in [-0.25, -0.2) is 4.39 Å². The molecule has 0 amide bonds. The van der Waals surface area contributed by atoms with Crippen molar-refractivity contribution in [1.29, 1.82) is 0 Å². The van der Waals surface area contributed by atoms with Crippen molar-refractivity contribution in [2.75, 3.05) is 18.1 Å². The SMILES string of the molecule is OCC1CN(c2ccc(F)cc2)C(c2ccccn2)O1. The van der Waals surface area contributed by atoms with E-state index in [-0.39, 0.29) is 24.8 Å². The average Bonchev–Trinajstić information content (AvgIpc) is 2.93. The summed E-state index contributed by atoms with van der Waals surface area (Å²) in [5, 5.41) is 9.31. The molecule has 0 bridgehead atoms. The fraction of sp³-hybridized carbons (Fsp3) is 0.267. The summed E-state index contributed by atoms with van der Waals surface area (Å²) in [5.41, 5.74) is 1.62. The van der Waals surface area contributed by atoms with Crippen molar-refractivity contribution >= 4 is 5.69 Å². The van der Waals surface area contributed by atoms with Gasteiger partial charge in [0.05, 0.1) is 12.3 Å². The third-order valence-corrected chi connectivity index (χ3v) is 3.31. The smallest absolute Gasteiger partial charge is 0.174 e. The number of nitrogens with zero attached hydrogens (tertiary/aromatic N) is 2. The summed E-state index contributed by atoms with van der Waals surface area (Å²) >= 11 is 0. The normalized spacial score (nSPS) is 22.2. The molecule has 2 atom stereocenters. The van der Waals surface area contributed by atoms with Crippen molar-refractivity contribution in [3.63, 3.8) is 0 Å². The minimum absolute atomic E-state index is 0.0545. The van der Waals surface area contributed by atoms with Gasteiger partial charge < -0.3 is 14.7 Å². The Kier molecular flexibility index (Phi) is 3.62. The Labute approximate surface area is 116 Å². The molecule has 1 N–H and O–H groups in total. The maximum Gasteiger partial charge on any atom is 0.174 e. The molecule has 1 fully saturated rings. The molecule has 1 aromatic heterocycles. The highest BCUT2D eigenvalue weighted by molar-refractivity contribution is 5.48. The van der Waals surface area contributed by atoms with Gasteiger partial charge in [-0.3, -0.25) is 4.98 Å². The number of ether oxygens (including phenoxy) is 1. The summed E-state index contributed by atoms with van der Waals surface area (Å²) in [6.07, 6.45) is 1.07. The van der Waals surface area contributed by atoms with Gasteiger partial charge in [-0.15, -0.1) is 0 Å². The number of halogens is 1. The first-order chi connectivity index (χ1) is 9.78. The Balaban J connectivity index is 1.92. The molecule has 20 heavy (non-hydrogen) atoms. The van der Waals surface area contributed by atoms with Crippen LogP contribution in [-0.2, 0) is 4.74 Å². The van der Waals surface area contributed by atoms with E-state index >= 15 is 0 Å². The first kappa shape index (κ1) is 13.0. The van der Waals surface area contributed by atoms with Crippen LogP contribution in [0.1, 0.15) is 11.9 Å². The lowest BCUT2D eigenvalue weighted by Crippen LogP contribution is -2.25. The summed E-state index contributed by atoms with van der Waals surface area (Å²) in [6, 6.07) is 11.8. The number of hydrogen-bond acceptors (Lipinski definition) is 4. The van der Waals surface area contributed by atoms with Crippen LogP contribution in [0.2, 0.25) is 0 Å². The molecular weight excluding hydrogens is 259 g/mol. The number of hydrogen-bond donors (Lipinski definition) is 1. The van der Waals surface area contributed by atoms with E-state index in [9.17, 15) is 9.50 Å². The standard InChI is InChI=1S/C15H15FN2O2/c16-11-4-6-12(7-5-11)18-9-13(10-19)20-15(18)14-3-1-2-8-17-14/h1-8,13,15,19H,9-10H2. The first-order valence-electron chi connectivity index (χ1n) is 6.47. The van der Waals surface area contributed by atoms with Crippen molar-refractivity contribution in [3.05, 3.63) is 60.2 Å². The average molecular weight is 274 g/mol. The van der Waals surface area contributed by atoms with Crippen LogP contribution >= 0.6 is 0 Å². The fourth-order valence-corrected chi connectivity index (χ4v) is 2.34. The van der Waals surface area contributed by atoms with Gasteiger partial charge in [-0.1, -0.05) is 6.07 Å². The largest absolute Gasteiger partial charge is 0.394 e. The molecule has 3 rings (SSSR count). The predicted octanol–water partition coefficient (Wildman–Crippen LogP) is 2.12. The van der Waals surface area contributed by atoms with E-state index in [0.29, 0.717) is 6.54 Å². The highest BCUT2D eigenvalue weighted by atomic mass is 19.1. The fourth-order valence-electron chi connectivity index (χ4n) is 2.34. The number of aromatic nitrogens is 1.